The summed E-state index contributed by atoms with van der Waals surface area (Å²) in [5.41, 5.74) is 1.75. The summed E-state index contributed by atoms with van der Waals surface area (Å²) in [5, 5.41) is 9.38. The SMILES string of the molecule is CCc1cccc([CH]O)c1Cl. The van der Waals surface area contributed by atoms with Crippen molar-refractivity contribution < 1.29 is 5.11 Å². The van der Waals surface area contributed by atoms with E-state index in [9.17, 15) is 0 Å². The van der Waals surface area contributed by atoms with E-state index in [2.05, 4.69) is 0 Å². The highest BCUT2D eigenvalue weighted by atomic mass is 35.5. The first kappa shape index (κ1) is 8.57. The first-order valence-electron chi connectivity index (χ1n) is 3.54. The molecule has 0 aliphatic carbocycles. The van der Waals surface area contributed by atoms with Gasteiger partial charge in [-0.05, 0) is 12.0 Å². The van der Waals surface area contributed by atoms with Crippen LogP contribution in [0.5, 0.6) is 0 Å². The number of benzene rings is 1. The van der Waals surface area contributed by atoms with Crippen molar-refractivity contribution in [2.75, 3.05) is 0 Å². The molecule has 0 bridgehead atoms. The lowest BCUT2D eigenvalue weighted by atomic mass is 10.1. The molecule has 0 atom stereocenters. The molecular formula is C9H10ClO. The highest BCUT2D eigenvalue weighted by Gasteiger charge is 2.02. The standard InChI is InChI=1S/C9H10ClO/c1-2-7-4-3-5-8(6-11)9(7)10/h3-6,11H,2H2,1H3. The van der Waals surface area contributed by atoms with Crippen LogP contribution in [0.25, 0.3) is 0 Å². The summed E-state index contributed by atoms with van der Waals surface area (Å²) in [5.74, 6) is 0. The van der Waals surface area contributed by atoms with E-state index in [0.29, 0.717) is 10.6 Å². The van der Waals surface area contributed by atoms with Crippen molar-refractivity contribution in [2.24, 2.45) is 0 Å². The summed E-state index contributed by atoms with van der Waals surface area (Å²) < 4.78 is 0. The Morgan fingerprint density at radius 3 is 2.82 bits per heavy atom. The van der Waals surface area contributed by atoms with Gasteiger partial charge in [0.05, 0.1) is 0 Å². The first-order valence-corrected chi connectivity index (χ1v) is 3.92. The number of halogens is 1. The molecular weight excluding hydrogens is 160 g/mol. The molecule has 0 aliphatic heterocycles. The van der Waals surface area contributed by atoms with Crippen molar-refractivity contribution in [3.05, 3.63) is 41.0 Å². The molecule has 2 heteroatoms. The summed E-state index contributed by atoms with van der Waals surface area (Å²) in [6.45, 7) is 3.06. The van der Waals surface area contributed by atoms with Gasteiger partial charge in [0.15, 0.2) is 0 Å². The molecule has 1 radical (unpaired) electrons. The quantitative estimate of drug-likeness (QED) is 0.722. The lowest BCUT2D eigenvalue weighted by Gasteiger charge is -2.03. The Morgan fingerprint density at radius 2 is 2.27 bits per heavy atom. The maximum Gasteiger partial charge on any atom is 0.111 e. The Bertz CT molecular complexity index is 223. The maximum atomic E-state index is 8.73. The Labute approximate surface area is 71.6 Å². The molecule has 0 amide bonds. The van der Waals surface area contributed by atoms with E-state index in [1.807, 2.05) is 19.1 Å². The third-order valence-corrected chi connectivity index (χ3v) is 2.09. The Balaban J connectivity index is 3.10. The zero-order chi connectivity index (χ0) is 8.27. The van der Waals surface area contributed by atoms with Gasteiger partial charge in [0.2, 0.25) is 0 Å². The van der Waals surface area contributed by atoms with Gasteiger partial charge in [-0.15, -0.1) is 0 Å². The molecule has 0 saturated carbocycles. The maximum absolute atomic E-state index is 8.73. The van der Waals surface area contributed by atoms with Gasteiger partial charge < -0.3 is 5.11 Å². The van der Waals surface area contributed by atoms with Crippen LogP contribution in [0.1, 0.15) is 18.1 Å². The van der Waals surface area contributed by atoms with Crippen LogP contribution < -0.4 is 0 Å². The van der Waals surface area contributed by atoms with Gasteiger partial charge >= 0.3 is 0 Å². The van der Waals surface area contributed by atoms with Gasteiger partial charge in [0, 0.05) is 10.6 Å². The van der Waals surface area contributed by atoms with Gasteiger partial charge in [0.25, 0.3) is 0 Å². The topological polar surface area (TPSA) is 20.2 Å². The van der Waals surface area contributed by atoms with Crippen molar-refractivity contribution in [1.82, 2.24) is 0 Å². The summed E-state index contributed by atoms with van der Waals surface area (Å²) in [4.78, 5) is 0. The molecule has 1 rings (SSSR count). The average molecular weight is 170 g/mol. The summed E-state index contributed by atoms with van der Waals surface area (Å²) in [7, 11) is 0. The molecule has 0 aromatic heterocycles. The molecule has 59 valence electrons. The number of hydrogen-bond acceptors (Lipinski definition) is 1. The van der Waals surface area contributed by atoms with Gasteiger partial charge in [-0.25, -0.2) is 0 Å². The zero-order valence-corrected chi connectivity index (χ0v) is 7.10. The predicted octanol–water partition coefficient (Wildman–Crippen LogP) is 2.78. The highest BCUT2D eigenvalue weighted by molar-refractivity contribution is 6.32. The number of aryl methyl sites for hydroxylation is 1. The predicted molar refractivity (Wildman–Crippen MR) is 46.2 cm³/mol. The summed E-state index contributed by atoms with van der Waals surface area (Å²) in [6.07, 6.45) is 0.889. The number of rotatable bonds is 2. The smallest absolute Gasteiger partial charge is 0.111 e. The second-order valence-corrected chi connectivity index (χ2v) is 2.68. The van der Waals surface area contributed by atoms with E-state index in [0.717, 1.165) is 18.6 Å². The van der Waals surface area contributed by atoms with Crippen LogP contribution in [0.2, 0.25) is 5.02 Å². The summed E-state index contributed by atoms with van der Waals surface area (Å²) in [6, 6.07) is 5.61. The fourth-order valence-corrected chi connectivity index (χ4v) is 1.28. The van der Waals surface area contributed by atoms with Crippen LogP contribution in [0.15, 0.2) is 18.2 Å². The minimum atomic E-state index is 0.650. The molecule has 0 fully saturated rings. The lowest BCUT2D eigenvalue weighted by Crippen LogP contribution is -1.87. The van der Waals surface area contributed by atoms with E-state index in [4.69, 9.17) is 16.7 Å². The van der Waals surface area contributed by atoms with E-state index in [1.165, 1.54) is 0 Å². The van der Waals surface area contributed by atoms with Crippen molar-refractivity contribution in [1.29, 1.82) is 0 Å². The Morgan fingerprint density at radius 1 is 1.55 bits per heavy atom. The van der Waals surface area contributed by atoms with Crippen molar-refractivity contribution in [2.45, 2.75) is 13.3 Å². The number of hydrogen-bond donors (Lipinski definition) is 1. The fourth-order valence-electron chi connectivity index (χ4n) is 0.972. The van der Waals surface area contributed by atoms with Crippen LogP contribution in [-0.4, -0.2) is 5.11 Å². The average Bonchev–Trinajstić information content (AvgIpc) is 2.05. The monoisotopic (exact) mass is 169 g/mol. The van der Waals surface area contributed by atoms with Crippen molar-refractivity contribution in [3.63, 3.8) is 0 Å². The highest BCUT2D eigenvalue weighted by Crippen LogP contribution is 2.21. The third kappa shape index (κ3) is 1.73. The Kier molecular flexibility index (Phi) is 2.92. The molecule has 1 aromatic rings. The number of aliphatic hydroxyl groups is 1. The zero-order valence-electron chi connectivity index (χ0n) is 6.34. The second kappa shape index (κ2) is 3.74. The molecule has 1 aromatic carbocycles. The first-order chi connectivity index (χ1) is 5.29. The van der Waals surface area contributed by atoms with Crippen LogP contribution in [-0.2, 0) is 6.42 Å². The molecule has 0 aliphatic rings. The second-order valence-electron chi connectivity index (χ2n) is 2.30. The van der Waals surface area contributed by atoms with Gasteiger partial charge in [-0.3, -0.25) is 0 Å². The lowest BCUT2D eigenvalue weighted by molar-refractivity contribution is 0.415. The van der Waals surface area contributed by atoms with Crippen LogP contribution in [0.4, 0.5) is 0 Å². The fraction of sp³-hybridized carbons (Fsp3) is 0.222. The van der Waals surface area contributed by atoms with E-state index >= 15 is 0 Å². The largest absolute Gasteiger partial charge is 0.385 e. The van der Waals surface area contributed by atoms with E-state index in [-0.39, 0.29) is 0 Å². The minimum absolute atomic E-state index is 0.650. The Hall–Kier alpha value is -0.530. The molecule has 11 heavy (non-hydrogen) atoms. The van der Waals surface area contributed by atoms with Crippen LogP contribution in [0, 0.1) is 6.61 Å². The van der Waals surface area contributed by atoms with E-state index < -0.39 is 0 Å². The molecule has 0 spiro atoms. The van der Waals surface area contributed by atoms with Crippen molar-refractivity contribution in [3.8, 4) is 0 Å². The summed E-state index contributed by atoms with van der Waals surface area (Å²) >= 11 is 5.92. The normalized spacial score (nSPS) is 10.1. The van der Waals surface area contributed by atoms with E-state index in [1.54, 1.807) is 6.07 Å². The molecule has 0 heterocycles. The van der Waals surface area contributed by atoms with Gasteiger partial charge in [-0.2, -0.15) is 0 Å². The molecule has 1 nitrogen and oxygen atoms in total. The van der Waals surface area contributed by atoms with Crippen LogP contribution in [0.3, 0.4) is 0 Å². The molecule has 1 N–H and O–H groups in total. The van der Waals surface area contributed by atoms with Gasteiger partial charge in [0.1, 0.15) is 6.61 Å². The molecule has 0 saturated heterocycles. The minimum Gasteiger partial charge on any atom is -0.385 e. The van der Waals surface area contributed by atoms with Crippen LogP contribution >= 0.6 is 11.6 Å². The van der Waals surface area contributed by atoms with Crippen molar-refractivity contribution >= 4 is 11.6 Å². The third-order valence-electron chi connectivity index (χ3n) is 1.63. The molecule has 0 unspecified atom stereocenters. The van der Waals surface area contributed by atoms with Gasteiger partial charge in [-0.1, -0.05) is 36.7 Å². The number of aliphatic hydroxyl groups excluding tert-OH is 1.